The number of hydrogen-bond acceptors (Lipinski definition) is 4. The Kier molecular flexibility index (Phi) is 7.57. The minimum Gasteiger partial charge on any atom is -0.261 e. The standard InChI is InChI=1S/C16H20N2S2/c1-3-11-17-15(7-1)9-5-13-19-20-14-6-10-16-8-2-4-12-18-16/h1-4,7-8,11-12H,5-6,9-10,13-14H2. The van der Waals surface area contributed by atoms with Crippen molar-refractivity contribution in [3.63, 3.8) is 0 Å². The molecule has 106 valence electrons. The third kappa shape index (κ3) is 6.44. The molecule has 20 heavy (non-hydrogen) atoms. The van der Waals surface area contributed by atoms with Gasteiger partial charge in [-0.25, -0.2) is 0 Å². The number of aryl methyl sites for hydroxylation is 2. The lowest BCUT2D eigenvalue weighted by Gasteiger charge is -2.02. The smallest absolute Gasteiger partial charge is 0.0403 e. The van der Waals surface area contributed by atoms with E-state index in [4.69, 9.17) is 0 Å². The summed E-state index contributed by atoms with van der Waals surface area (Å²) in [5, 5.41) is 0. The van der Waals surface area contributed by atoms with E-state index < -0.39 is 0 Å². The van der Waals surface area contributed by atoms with Gasteiger partial charge in [-0.2, -0.15) is 0 Å². The van der Waals surface area contributed by atoms with Crippen LogP contribution in [0.3, 0.4) is 0 Å². The summed E-state index contributed by atoms with van der Waals surface area (Å²) in [6, 6.07) is 12.3. The second kappa shape index (κ2) is 9.83. The average molecular weight is 304 g/mol. The third-order valence-electron chi connectivity index (χ3n) is 2.86. The second-order valence-electron chi connectivity index (χ2n) is 4.49. The Balaban J connectivity index is 1.44. The van der Waals surface area contributed by atoms with E-state index in [2.05, 4.69) is 34.2 Å². The van der Waals surface area contributed by atoms with Crippen molar-refractivity contribution >= 4 is 21.6 Å². The van der Waals surface area contributed by atoms with Crippen molar-refractivity contribution in [1.29, 1.82) is 0 Å². The molecule has 0 radical (unpaired) electrons. The van der Waals surface area contributed by atoms with Crippen molar-refractivity contribution in [1.82, 2.24) is 9.97 Å². The molecule has 0 N–H and O–H groups in total. The molecular weight excluding hydrogens is 284 g/mol. The van der Waals surface area contributed by atoms with Crippen LogP contribution in [0, 0.1) is 0 Å². The molecule has 0 unspecified atom stereocenters. The fourth-order valence-electron chi connectivity index (χ4n) is 1.83. The van der Waals surface area contributed by atoms with Gasteiger partial charge in [-0.05, 0) is 49.9 Å². The lowest BCUT2D eigenvalue weighted by molar-refractivity contribution is 0.891. The Hall–Kier alpha value is -1.00. The van der Waals surface area contributed by atoms with Gasteiger partial charge in [0.15, 0.2) is 0 Å². The van der Waals surface area contributed by atoms with Crippen molar-refractivity contribution in [2.24, 2.45) is 0 Å². The summed E-state index contributed by atoms with van der Waals surface area (Å²) in [6.45, 7) is 0. The first-order valence-corrected chi connectivity index (χ1v) is 9.48. The van der Waals surface area contributed by atoms with E-state index in [-0.39, 0.29) is 0 Å². The Morgan fingerprint density at radius 1 is 0.700 bits per heavy atom. The van der Waals surface area contributed by atoms with Crippen LogP contribution in [0.25, 0.3) is 0 Å². The normalized spacial score (nSPS) is 10.6. The highest BCUT2D eigenvalue weighted by Gasteiger charge is 1.96. The van der Waals surface area contributed by atoms with Gasteiger partial charge in [-0.15, -0.1) is 0 Å². The van der Waals surface area contributed by atoms with E-state index >= 15 is 0 Å². The van der Waals surface area contributed by atoms with Gasteiger partial charge < -0.3 is 0 Å². The van der Waals surface area contributed by atoms with Gasteiger partial charge in [0.05, 0.1) is 0 Å². The van der Waals surface area contributed by atoms with E-state index in [1.165, 1.54) is 35.7 Å². The van der Waals surface area contributed by atoms with Crippen molar-refractivity contribution in [2.75, 3.05) is 11.5 Å². The quantitative estimate of drug-likeness (QED) is 0.506. The van der Waals surface area contributed by atoms with Gasteiger partial charge in [0, 0.05) is 35.3 Å². The summed E-state index contributed by atoms with van der Waals surface area (Å²) in [5.41, 5.74) is 2.40. The highest BCUT2D eigenvalue weighted by Crippen LogP contribution is 2.23. The van der Waals surface area contributed by atoms with Crippen molar-refractivity contribution in [3.8, 4) is 0 Å². The zero-order chi connectivity index (χ0) is 13.9. The van der Waals surface area contributed by atoms with Crippen LogP contribution in [0.5, 0.6) is 0 Å². The maximum atomic E-state index is 4.34. The van der Waals surface area contributed by atoms with Gasteiger partial charge in [0.25, 0.3) is 0 Å². The molecule has 2 nitrogen and oxygen atoms in total. The van der Waals surface area contributed by atoms with Gasteiger partial charge in [-0.1, -0.05) is 33.7 Å². The second-order valence-corrected chi connectivity index (χ2v) is 7.20. The van der Waals surface area contributed by atoms with Gasteiger partial charge >= 0.3 is 0 Å². The molecule has 2 rings (SSSR count). The molecule has 0 atom stereocenters. The lowest BCUT2D eigenvalue weighted by Crippen LogP contribution is -1.91. The molecule has 2 aromatic heterocycles. The molecular formula is C16H20N2S2. The SMILES string of the molecule is c1ccc(CCCSSCCCc2ccccn2)nc1. The first kappa shape index (κ1) is 15.4. The van der Waals surface area contributed by atoms with Crippen LogP contribution in [-0.4, -0.2) is 21.5 Å². The summed E-state index contributed by atoms with van der Waals surface area (Å²) in [6.07, 6.45) is 8.32. The minimum atomic E-state index is 1.09. The van der Waals surface area contributed by atoms with Crippen molar-refractivity contribution < 1.29 is 0 Å². The predicted molar refractivity (Wildman–Crippen MR) is 90.0 cm³/mol. The molecule has 0 fully saturated rings. The lowest BCUT2D eigenvalue weighted by atomic mass is 10.2. The summed E-state index contributed by atoms with van der Waals surface area (Å²) < 4.78 is 0. The van der Waals surface area contributed by atoms with Crippen molar-refractivity contribution in [3.05, 3.63) is 60.2 Å². The Labute approximate surface area is 129 Å². The fourth-order valence-corrected chi connectivity index (χ4v) is 4.01. The molecule has 2 heterocycles. The van der Waals surface area contributed by atoms with Crippen LogP contribution in [0.1, 0.15) is 24.2 Å². The van der Waals surface area contributed by atoms with Crippen LogP contribution in [0.2, 0.25) is 0 Å². The summed E-state index contributed by atoms with van der Waals surface area (Å²) in [5.74, 6) is 2.40. The maximum Gasteiger partial charge on any atom is 0.0403 e. The molecule has 0 amide bonds. The average Bonchev–Trinajstić information content (AvgIpc) is 2.52. The fraction of sp³-hybridized carbons (Fsp3) is 0.375. The number of nitrogens with zero attached hydrogens (tertiary/aromatic N) is 2. The molecule has 0 aliphatic rings. The summed E-state index contributed by atoms with van der Waals surface area (Å²) in [7, 11) is 3.95. The van der Waals surface area contributed by atoms with Crippen LogP contribution >= 0.6 is 21.6 Å². The summed E-state index contributed by atoms with van der Waals surface area (Å²) >= 11 is 0. The van der Waals surface area contributed by atoms with Crippen LogP contribution < -0.4 is 0 Å². The van der Waals surface area contributed by atoms with Crippen molar-refractivity contribution in [2.45, 2.75) is 25.7 Å². The van der Waals surface area contributed by atoms with Gasteiger partial charge in [0.1, 0.15) is 0 Å². The van der Waals surface area contributed by atoms with E-state index in [1.807, 2.05) is 46.1 Å². The van der Waals surface area contributed by atoms with E-state index in [0.29, 0.717) is 0 Å². The molecule has 0 spiro atoms. The molecule has 0 saturated carbocycles. The van der Waals surface area contributed by atoms with E-state index in [1.54, 1.807) is 0 Å². The Morgan fingerprint density at radius 2 is 1.20 bits per heavy atom. The van der Waals surface area contributed by atoms with Gasteiger partial charge in [-0.3, -0.25) is 9.97 Å². The molecule has 0 saturated heterocycles. The number of pyridine rings is 2. The molecule has 0 aromatic carbocycles. The zero-order valence-corrected chi connectivity index (χ0v) is 13.2. The van der Waals surface area contributed by atoms with E-state index in [0.717, 1.165) is 12.8 Å². The molecule has 2 aromatic rings. The summed E-state index contributed by atoms with van der Waals surface area (Å²) in [4.78, 5) is 8.67. The molecule has 0 aliphatic carbocycles. The number of hydrogen-bond donors (Lipinski definition) is 0. The maximum absolute atomic E-state index is 4.34. The highest BCUT2D eigenvalue weighted by molar-refractivity contribution is 8.76. The third-order valence-corrected chi connectivity index (χ3v) is 5.43. The first-order valence-electron chi connectivity index (χ1n) is 6.99. The minimum absolute atomic E-state index is 1.09. The van der Waals surface area contributed by atoms with Gasteiger partial charge in [0.2, 0.25) is 0 Å². The predicted octanol–water partition coefficient (Wildman–Crippen LogP) is 4.42. The van der Waals surface area contributed by atoms with Crippen LogP contribution in [0.4, 0.5) is 0 Å². The highest BCUT2D eigenvalue weighted by atomic mass is 33.1. The largest absolute Gasteiger partial charge is 0.261 e. The monoisotopic (exact) mass is 304 g/mol. The number of aromatic nitrogens is 2. The number of rotatable bonds is 9. The molecule has 4 heteroatoms. The molecule has 0 aliphatic heterocycles. The van der Waals surface area contributed by atoms with Crippen LogP contribution in [0.15, 0.2) is 48.8 Å². The molecule has 0 bridgehead atoms. The Morgan fingerprint density at radius 3 is 1.60 bits per heavy atom. The first-order chi connectivity index (χ1) is 9.95. The topological polar surface area (TPSA) is 25.8 Å². The zero-order valence-electron chi connectivity index (χ0n) is 11.6. The Bertz CT molecular complexity index is 417. The van der Waals surface area contributed by atoms with E-state index in [9.17, 15) is 0 Å². The van der Waals surface area contributed by atoms with Crippen LogP contribution in [-0.2, 0) is 12.8 Å².